The summed E-state index contributed by atoms with van der Waals surface area (Å²) >= 11 is 0. The largest absolute Gasteiger partial charge is 0.350 e. The molecule has 3 aromatic rings. The molecule has 36 heavy (non-hydrogen) atoms. The van der Waals surface area contributed by atoms with Crippen molar-refractivity contribution in [3.63, 3.8) is 0 Å². The Bertz CT molecular complexity index is 1630. The van der Waals surface area contributed by atoms with Gasteiger partial charge in [-0.1, -0.05) is 18.2 Å². The molecular formula is C22H17F3N4O6S. The fraction of sp³-hybridized carbons (Fsp3) is 0.182. The van der Waals surface area contributed by atoms with E-state index in [1.165, 1.54) is 12.1 Å². The molecule has 2 N–H and O–H groups in total. The fourth-order valence-electron chi connectivity index (χ4n) is 3.68. The lowest BCUT2D eigenvalue weighted by atomic mass is 10.2. The van der Waals surface area contributed by atoms with Crippen LogP contribution < -0.4 is 21.9 Å². The number of fused-ring (bicyclic) bond motifs is 1. The maximum absolute atomic E-state index is 13.6. The van der Waals surface area contributed by atoms with Crippen molar-refractivity contribution in [2.75, 3.05) is 5.32 Å². The number of nitrogens with one attached hydrogen (secondary N) is 2. The quantitative estimate of drug-likeness (QED) is 0.467. The zero-order chi connectivity index (χ0) is 26.4. The predicted octanol–water partition coefficient (Wildman–Crippen LogP) is 0.423. The van der Waals surface area contributed by atoms with E-state index >= 15 is 0 Å². The monoisotopic (exact) mass is 522 g/mol. The Morgan fingerprint density at radius 3 is 2.28 bits per heavy atom. The molecule has 1 unspecified atom stereocenters. The Morgan fingerprint density at radius 1 is 1.00 bits per heavy atom. The topological polar surface area (TPSA) is 136 Å². The van der Waals surface area contributed by atoms with Crippen LogP contribution in [0.5, 0.6) is 0 Å². The third kappa shape index (κ3) is 4.30. The fourth-order valence-corrected chi connectivity index (χ4v) is 5.43. The molecule has 0 radical (unpaired) electrons. The van der Waals surface area contributed by atoms with Gasteiger partial charge >= 0.3 is 5.69 Å². The molecule has 2 amide bonds. The second-order valence-corrected chi connectivity index (χ2v) is 9.89. The molecule has 0 spiro atoms. The highest BCUT2D eigenvalue weighted by atomic mass is 32.2. The molecule has 1 atom stereocenters. The van der Waals surface area contributed by atoms with E-state index in [-0.39, 0.29) is 12.1 Å². The zero-order valence-corrected chi connectivity index (χ0v) is 19.2. The van der Waals surface area contributed by atoms with Crippen LogP contribution in [0.25, 0.3) is 0 Å². The van der Waals surface area contributed by atoms with Crippen LogP contribution in [-0.2, 0) is 39.6 Å². The maximum Gasteiger partial charge on any atom is 0.332 e. The van der Waals surface area contributed by atoms with Gasteiger partial charge in [-0.2, -0.15) is 0 Å². The number of carbonyl (C=O) groups is 2. The van der Waals surface area contributed by atoms with Gasteiger partial charge in [0.05, 0.1) is 6.54 Å². The van der Waals surface area contributed by atoms with E-state index in [2.05, 4.69) is 10.6 Å². The molecule has 2 heterocycles. The molecule has 0 bridgehead atoms. The molecule has 1 aliphatic rings. The van der Waals surface area contributed by atoms with Gasteiger partial charge < -0.3 is 10.6 Å². The molecule has 14 heteroatoms. The van der Waals surface area contributed by atoms with Crippen molar-refractivity contribution in [2.24, 2.45) is 7.05 Å². The zero-order valence-electron chi connectivity index (χ0n) is 18.4. The van der Waals surface area contributed by atoms with Crippen molar-refractivity contribution < 1.29 is 31.2 Å². The van der Waals surface area contributed by atoms with Crippen LogP contribution in [0.3, 0.4) is 0 Å². The molecule has 0 fully saturated rings. The van der Waals surface area contributed by atoms with Gasteiger partial charge in [-0.3, -0.25) is 23.5 Å². The third-order valence-corrected chi connectivity index (χ3v) is 7.51. The first-order valence-electron chi connectivity index (χ1n) is 10.3. The van der Waals surface area contributed by atoms with Crippen LogP contribution in [0.1, 0.15) is 11.1 Å². The SMILES string of the molecule is Cn1c2c(c(=O)n(Cc3ccc(F)c(F)c3)c1=O)S(=O)(=O)C(C(=O)NCc1ccc(F)cc1)C(=O)N2. The Labute approximate surface area is 200 Å². The summed E-state index contributed by atoms with van der Waals surface area (Å²) in [5, 5.41) is 2.03. The van der Waals surface area contributed by atoms with E-state index in [0.29, 0.717) is 14.7 Å². The van der Waals surface area contributed by atoms with Crippen LogP contribution in [-0.4, -0.2) is 34.6 Å². The number of aromatic nitrogens is 2. The smallest absolute Gasteiger partial charge is 0.332 e. The number of benzene rings is 2. The van der Waals surface area contributed by atoms with E-state index in [1.54, 1.807) is 0 Å². The van der Waals surface area contributed by atoms with Crippen molar-refractivity contribution >= 4 is 27.5 Å². The lowest BCUT2D eigenvalue weighted by molar-refractivity contribution is -0.126. The number of nitrogens with zero attached hydrogens (tertiary/aromatic N) is 2. The summed E-state index contributed by atoms with van der Waals surface area (Å²) in [7, 11) is -3.86. The van der Waals surface area contributed by atoms with Crippen molar-refractivity contribution in [3.05, 3.63) is 91.9 Å². The van der Waals surface area contributed by atoms with Gasteiger partial charge in [-0.25, -0.2) is 26.4 Å². The van der Waals surface area contributed by atoms with Gasteiger partial charge in [0.1, 0.15) is 11.6 Å². The predicted molar refractivity (Wildman–Crippen MR) is 119 cm³/mol. The van der Waals surface area contributed by atoms with Gasteiger partial charge in [0.15, 0.2) is 16.5 Å². The summed E-state index contributed by atoms with van der Waals surface area (Å²) in [6, 6.07) is 7.54. The number of carbonyl (C=O) groups excluding carboxylic acids is 2. The normalized spacial score (nSPS) is 16.2. The minimum absolute atomic E-state index is 0.0149. The molecule has 0 saturated heterocycles. The number of amides is 2. The summed E-state index contributed by atoms with van der Waals surface area (Å²) in [4.78, 5) is 50.2. The molecular weight excluding hydrogens is 505 g/mol. The second kappa shape index (κ2) is 9.11. The minimum atomic E-state index is -4.95. The lowest BCUT2D eigenvalue weighted by Crippen LogP contribution is -2.54. The van der Waals surface area contributed by atoms with Crippen LogP contribution in [0.2, 0.25) is 0 Å². The van der Waals surface area contributed by atoms with E-state index in [9.17, 15) is 40.8 Å². The van der Waals surface area contributed by atoms with E-state index in [4.69, 9.17) is 0 Å². The van der Waals surface area contributed by atoms with E-state index < -0.39 is 72.9 Å². The van der Waals surface area contributed by atoms with E-state index in [1.807, 2.05) is 0 Å². The number of hydrogen-bond acceptors (Lipinski definition) is 6. The number of halogens is 3. The number of anilines is 1. The first kappa shape index (κ1) is 24.9. The molecule has 2 aromatic carbocycles. The second-order valence-electron chi connectivity index (χ2n) is 7.92. The molecule has 188 valence electrons. The Hall–Kier alpha value is -4.20. The van der Waals surface area contributed by atoms with Crippen LogP contribution >= 0.6 is 0 Å². The van der Waals surface area contributed by atoms with Crippen LogP contribution in [0.15, 0.2) is 56.9 Å². The van der Waals surface area contributed by atoms with Crippen molar-refractivity contribution in [3.8, 4) is 0 Å². The molecule has 1 aromatic heterocycles. The average molecular weight is 522 g/mol. The van der Waals surface area contributed by atoms with Gasteiger partial charge in [0.25, 0.3) is 11.5 Å². The highest BCUT2D eigenvalue weighted by molar-refractivity contribution is 7.94. The van der Waals surface area contributed by atoms with Gasteiger partial charge in [0, 0.05) is 13.6 Å². The molecule has 0 saturated carbocycles. The van der Waals surface area contributed by atoms with Gasteiger partial charge in [-0.15, -0.1) is 0 Å². The van der Waals surface area contributed by atoms with Crippen molar-refractivity contribution in [1.82, 2.24) is 14.5 Å². The standard InChI is InChI=1S/C22H17F3N4O6S/c1-28-18-16(21(32)29(22(28)33)10-12-4-7-14(24)15(25)8-12)36(34,35)17(20(31)27-18)19(30)26-9-11-2-5-13(23)6-3-11/h2-8,17H,9-10H2,1H3,(H,26,30)(H,27,31). The summed E-state index contributed by atoms with van der Waals surface area (Å²) in [5.74, 6) is -6.09. The molecule has 0 aliphatic carbocycles. The van der Waals surface area contributed by atoms with Crippen LogP contribution in [0.4, 0.5) is 19.0 Å². The summed E-state index contributed by atoms with van der Waals surface area (Å²) < 4.78 is 67.7. The molecule has 1 aliphatic heterocycles. The Balaban J connectivity index is 1.73. The van der Waals surface area contributed by atoms with Gasteiger partial charge in [-0.05, 0) is 35.4 Å². The van der Waals surface area contributed by atoms with E-state index in [0.717, 1.165) is 37.4 Å². The number of sulfone groups is 1. The molecule has 4 rings (SSSR count). The van der Waals surface area contributed by atoms with Crippen LogP contribution in [0, 0.1) is 17.5 Å². The number of hydrogen-bond donors (Lipinski definition) is 2. The Morgan fingerprint density at radius 2 is 1.64 bits per heavy atom. The Kier molecular flexibility index (Phi) is 6.30. The summed E-state index contributed by atoms with van der Waals surface area (Å²) in [6.45, 7) is -0.847. The summed E-state index contributed by atoms with van der Waals surface area (Å²) in [6.07, 6.45) is 0. The van der Waals surface area contributed by atoms with Crippen molar-refractivity contribution in [2.45, 2.75) is 23.2 Å². The maximum atomic E-state index is 13.6. The van der Waals surface area contributed by atoms with Gasteiger partial charge in [0.2, 0.25) is 21.0 Å². The highest BCUT2D eigenvalue weighted by Crippen LogP contribution is 2.26. The highest BCUT2D eigenvalue weighted by Gasteiger charge is 2.48. The molecule has 10 nitrogen and oxygen atoms in total. The lowest BCUT2D eigenvalue weighted by Gasteiger charge is -2.25. The van der Waals surface area contributed by atoms with Crippen molar-refractivity contribution in [1.29, 1.82) is 0 Å². The summed E-state index contributed by atoms with van der Waals surface area (Å²) in [5.41, 5.74) is -2.00. The average Bonchev–Trinajstić information content (AvgIpc) is 2.81. The first-order valence-corrected chi connectivity index (χ1v) is 11.8. The number of rotatable bonds is 5. The first-order chi connectivity index (χ1) is 16.9. The third-order valence-electron chi connectivity index (χ3n) is 5.53. The minimum Gasteiger partial charge on any atom is -0.350 e.